The van der Waals surface area contributed by atoms with E-state index in [9.17, 15) is 9.59 Å². The fourth-order valence-corrected chi connectivity index (χ4v) is 3.40. The van der Waals surface area contributed by atoms with Gasteiger partial charge in [0.1, 0.15) is 5.75 Å². The Labute approximate surface area is 142 Å². The molecule has 1 aromatic heterocycles. The van der Waals surface area contributed by atoms with Crippen molar-refractivity contribution in [3.8, 4) is 5.75 Å². The van der Waals surface area contributed by atoms with Crippen molar-refractivity contribution in [2.75, 3.05) is 13.2 Å². The summed E-state index contributed by atoms with van der Waals surface area (Å²) >= 11 is 1.59. The third-order valence-corrected chi connectivity index (χ3v) is 4.67. The van der Waals surface area contributed by atoms with Gasteiger partial charge in [-0.1, -0.05) is 18.7 Å². The van der Waals surface area contributed by atoms with Crippen LogP contribution in [0, 0.1) is 0 Å². The van der Waals surface area contributed by atoms with Gasteiger partial charge in [0.05, 0.1) is 13.2 Å². The van der Waals surface area contributed by atoms with Gasteiger partial charge in [-0.05, 0) is 30.3 Å². The van der Waals surface area contributed by atoms with Gasteiger partial charge in [0.15, 0.2) is 5.43 Å². The summed E-state index contributed by atoms with van der Waals surface area (Å²) < 4.78 is 12.4. The monoisotopic (exact) mass is 340 g/mol. The van der Waals surface area contributed by atoms with E-state index in [2.05, 4.69) is 6.58 Å². The van der Waals surface area contributed by atoms with Crippen LogP contribution >= 0.6 is 11.3 Å². The minimum Gasteiger partial charge on any atom is -0.493 e. The molecule has 0 saturated heterocycles. The number of ether oxygens (including phenoxy) is 2. The van der Waals surface area contributed by atoms with Gasteiger partial charge in [-0.15, -0.1) is 11.3 Å². The number of esters is 1. The first-order valence-corrected chi connectivity index (χ1v) is 8.38. The van der Waals surface area contributed by atoms with Crippen LogP contribution < -0.4 is 10.2 Å². The van der Waals surface area contributed by atoms with Crippen LogP contribution in [-0.4, -0.2) is 19.2 Å². The zero-order chi connectivity index (χ0) is 16.9. The molecule has 0 unspecified atom stereocenters. The Kier molecular flexibility index (Phi) is 4.91. The van der Waals surface area contributed by atoms with E-state index in [4.69, 9.17) is 9.47 Å². The van der Waals surface area contributed by atoms with Crippen LogP contribution in [0.2, 0.25) is 0 Å². The number of rotatable bonds is 6. The SMILES string of the molecule is C=CC(=O)OCCCOc1ccc2sc3ccccc3c(=O)c2c1. The molecule has 0 atom stereocenters. The molecule has 122 valence electrons. The van der Waals surface area contributed by atoms with Crippen LogP contribution in [0.4, 0.5) is 0 Å². The van der Waals surface area contributed by atoms with Gasteiger partial charge < -0.3 is 9.47 Å². The summed E-state index contributed by atoms with van der Waals surface area (Å²) in [5, 5.41) is 1.39. The second-order valence-electron chi connectivity index (χ2n) is 5.16. The van der Waals surface area contributed by atoms with Gasteiger partial charge in [-0.3, -0.25) is 4.79 Å². The number of carbonyl (C=O) groups is 1. The van der Waals surface area contributed by atoms with Crippen molar-refractivity contribution >= 4 is 37.5 Å². The first-order chi connectivity index (χ1) is 11.7. The minimum atomic E-state index is -0.440. The third-order valence-electron chi connectivity index (χ3n) is 3.52. The van der Waals surface area contributed by atoms with Crippen LogP contribution in [0.5, 0.6) is 5.75 Å². The largest absolute Gasteiger partial charge is 0.493 e. The van der Waals surface area contributed by atoms with Crippen LogP contribution in [0.3, 0.4) is 0 Å². The Bertz CT molecular complexity index is 958. The number of carbonyl (C=O) groups excluding carboxylic acids is 1. The molecular weight excluding hydrogens is 324 g/mol. The predicted octanol–water partition coefficient (Wildman–Crippen LogP) is 3.91. The molecule has 0 aliphatic heterocycles. The van der Waals surface area contributed by atoms with Crippen molar-refractivity contribution in [2.45, 2.75) is 6.42 Å². The summed E-state index contributed by atoms with van der Waals surface area (Å²) in [4.78, 5) is 23.5. The summed E-state index contributed by atoms with van der Waals surface area (Å²) in [7, 11) is 0. The first-order valence-electron chi connectivity index (χ1n) is 7.56. The van der Waals surface area contributed by atoms with E-state index in [1.807, 2.05) is 36.4 Å². The molecular formula is C19H16O4S. The van der Waals surface area contributed by atoms with Gasteiger partial charge >= 0.3 is 5.97 Å². The smallest absolute Gasteiger partial charge is 0.330 e. The van der Waals surface area contributed by atoms with E-state index in [1.165, 1.54) is 0 Å². The van der Waals surface area contributed by atoms with Crippen molar-refractivity contribution in [3.05, 3.63) is 65.3 Å². The highest BCUT2D eigenvalue weighted by atomic mass is 32.1. The maximum Gasteiger partial charge on any atom is 0.330 e. The lowest BCUT2D eigenvalue weighted by Gasteiger charge is -2.07. The molecule has 0 saturated carbocycles. The zero-order valence-corrected chi connectivity index (χ0v) is 13.8. The van der Waals surface area contributed by atoms with E-state index in [0.29, 0.717) is 24.2 Å². The first kappa shape index (κ1) is 16.2. The van der Waals surface area contributed by atoms with Crippen LogP contribution in [0.1, 0.15) is 6.42 Å². The van der Waals surface area contributed by atoms with Gasteiger partial charge in [-0.25, -0.2) is 4.79 Å². The summed E-state index contributed by atoms with van der Waals surface area (Å²) in [5.41, 5.74) is 0.0183. The fourth-order valence-electron chi connectivity index (χ4n) is 2.35. The second kappa shape index (κ2) is 7.27. The standard InChI is InChI=1S/C19H16O4S/c1-2-18(20)23-11-5-10-22-13-8-9-17-15(12-13)19(21)14-6-3-4-7-16(14)24-17/h2-4,6-9,12H,1,5,10-11H2. The molecule has 4 nitrogen and oxygen atoms in total. The molecule has 0 N–H and O–H groups in total. The van der Waals surface area contributed by atoms with E-state index < -0.39 is 5.97 Å². The quantitative estimate of drug-likeness (QED) is 0.295. The van der Waals surface area contributed by atoms with E-state index in [-0.39, 0.29) is 12.0 Å². The lowest BCUT2D eigenvalue weighted by atomic mass is 10.2. The highest BCUT2D eigenvalue weighted by Gasteiger charge is 2.07. The normalized spacial score (nSPS) is 10.7. The Morgan fingerprint density at radius 1 is 1.08 bits per heavy atom. The van der Waals surface area contributed by atoms with Crippen molar-refractivity contribution in [1.82, 2.24) is 0 Å². The second-order valence-corrected chi connectivity index (χ2v) is 6.24. The lowest BCUT2D eigenvalue weighted by Crippen LogP contribution is -2.07. The molecule has 0 fully saturated rings. The average molecular weight is 340 g/mol. The number of hydrogen-bond donors (Lipinski definition) is 0. The molecule has 24 heavy (non-hydrogen) atoms. The number of benzene rings is 2. The van der Waals surface area contributed by atoms with Gasteiger partial charge in [-0.2, -0.15) is 0 Å². The molecule has 0 amide bonds. The maximum absolute atomic E-state index is 12.6. The van der Waals surface area contributed by atoms with Crippen molar-refractivity contribution in [2.24, 2.45) is 0 Å². The molecule has 2 aromatic carbocycles. The zero-order valence-electron chi connectivity index (χ0n) is 13.0. The number of fused-ring (bicyclic) bond motifs is 2. The topological polar surface area (TPSA) is 52.6 Å². The van der Waals surface area contributed by atoms with Crippen molar-refractivity contribution < 1.29 is 14.3 Å². The average Bonchev–Trinajstić information content (AvgIpc) is 2.62. The van der Waals surface area contributed by atoms with Gasteiger partial charge in [0.2, 0.25) is 0 Å². The predicted molar refractivity (Wildman–Crippen MR) is 96.9 cm³/mol. The van der Waals surface area contributed by atoms with Crippen LogP contribution in [0.25, 0.3) is 20.2 Å². The van der Waals surface area contributed by atoms with Gasteiger partial charge in [0, 0.05) is 32.7 Å². The molecule has 3 aromatic rings. The van der Waals surface area contributed by atoms with E-state index in [0.717, 1.165) is 20.9 Å². The molecule has 0 radical (unpaired) electrons. The van der Waals surface area contributed by atoms with E-state index >= 15 is 0 Å². The van der Waals surface area contributed by atoms with Gasteiger partial charge in [0.25, 0.3) is 0 Å². The molecule has 0 bridgehead atoms. The Hall–Kier alpha value is -2.66. The molecule has 1 heterocycles. The van der Waals surface area contributed by atoms with Crippen LogP contribution in [-0.2, 0) is 9.53 Å². The summed E-state index contributed by atoms with van der Waals surface area (Å²) in [6, 6.07) is 13.1. The Balaban J connectivity index is 1.75. The molecule has 0 aliphatic rings. The highest BCUT2D eigenvalue weighted by molar-refractivity contribution is 7.24. The summed E-state index contributed by atoms with van der Waals surface area (Å²) in [6.45, 7) is 4.01. The minimum absolute atomic E-state index is 0.0183. The molecule has 0 spiro atoms. The highest BCUT2D eigenvalue weighted by Crippen LogP contribution is 2.27. The Morgan fingerprint density at radius 2 is 1.88 bits per heavy atom. The summed E-state index contributed by atoms with van der Waals surface area (Å²) in [5.74, 6) is 0.196. The molecule has 0 aliphatic carbocycles. The van der Waals surface area contributed by atoms with Crippen LogP contribution in [0.15, 0.2) is 59.9 Å². The fraction of sp³-hybridized carbons (Fsp3) is 0.158. The number of hydrogen-bond acceptors (Lipinski definition) is 5. The Morgan fingerprint density at radius 3 is 2.71 bits per heavy atom. The third kappa shape index (κ3) is 3.46. The van der Waals surface area contributed by atoms with Crippen molar-refractivity contribution in [3.63, 3.8) is 0 Å². The summed E-state index contributed by atoms with van der Waals surface area (Å²) in [6.07, 6.45) is 1.70. The lowest BCUT2D eigenvalue weighted by molar-refractivity contribution is -0.137. The molecule has 5 heteroatoms. The molecule has 3 rings (SSSR count). The van der Waals surface area contributed by atoms with Crippen molar-refractivity contribution in [1.29, 1.82) is 0 Å². The maximum atomic E-state index is 12.6. The van der Waals surface area contributed by atoms with E-state index in [1.54, 1.807) is 17.4 Å².